The molecule has 0 fully saturated rings. The Labute approximate surface area is 88.1 Å². The lowest BCUT2D eigenvalue weighted by Gasteiger charge is -2.18. The van der Waals surface area contributed by atoms with E-state index in [0.29, 0.717) is 18.7 Å². The molecule has 1 amide bonds. The van der Waals surface area contributed by atoms with Crippen LogP contribution in [0.4, 0.5) is 10.1 Å². The van der Waals surface area contributed by atoms with E-state index in [1.165, 1.54) is 12.3 Å². The van der Waals surface area contributed by atoms with Gasteiger partial charge in [0, 0.05) is 45.0 Å². The van der Waals surface area contributed by atoms with Gasteiger partial charge in [0.05, 0.1) is 0 Å². The van der Waals surface area contributed by atoms with E-state index in [-0.39, 0.29) is 5.91 Å². The van der Waals surface area contributed by atoms with Gasteiger partial charge in [-0.25, -0.2) is 4.98 Å². The fraction of sp³-hybridized carbons (Fsp3) is 0.400. The zero-order valence-corrected chi connectivity index (χ0v) is 8.83. The van der Waals surface area contributed by atoms with E-state index in [1.807, 2.05) is 0 Å². The van der Waals surface area contributed by atoms with Crippen LogP contribution in [0.15, 0.2) is 18.3 Å². The number of hydrogen-bond donors (Lipinski definition) is 1. The second-order valence-corrected chi connectivity index (χ2v) is 3.18. The van der Waals surface area contributed by atoms with Crippen molar-refractivity contribution < 1.29 is 9.18 Å². The van der Waals surface area contributed by atoms with E-state index in [1.54, 1.807) is 25.1 Å². The maximum Gasteiger partial charge on any atom is 0.221 e. The van der Waals surface area contributed by atoms with Crippen molar-refractivity contribution >= 4 is 11.6 Å². The van der Waals surface area contributed by atoms with Crippen molar-refractivity contribution in [2.45, 2.75) is 6.42 Å². The number of nitrogens with zero attached hydrogens (tertiary/aromatic N) is 2. The fourth-order valence-electron chi connectivity index (χ4n) is 1.15. The molecule has 15 heavy (non-hydrogen) atoms. The van der Waals surface area contributed by atoms with Crippen molar-refractivity contribution in [1.82, 2.24) is 10.3 Å². The molecule has 1 rings (SSSR count). The van der Waals surface area contributed by atoms with Crippen molar-refractivity contribution in [2.75, 3.05) is 25.5 Å². The Bertz CT molecular complexity index is 343. The van der Waals surface area contributed by atoms with E-state index >= 15 is 0 Å². The second kappa shape index (κ2) is 5.29. The number of amides is 1. The lowest BCUT2D eigenvalue weighted by Crippen LogP contribution is -2.26. The molecule has 5 heteroatoms. The van der Waals surface area contributed by atoms with E-state index in [9.17, 15) is 9.18 Å². The molecule has 0 aliphatic heterocycles. The SMILES string of the molecule is CNC(=O)CCN(C)c1ccnc(F)c1. The first-order valence-corrected chi connectivity index (χ1v) is 4.66. The normalized spacial score (nSPS) is 9.80. The predicted octanol–water partition coefficient (Wildman–Crippen LogP) is 0.793. The smallest absolute Gasteiger partial charge is 0.221 e. The van der Waals surface area contributed by atoms with E-state index < -0.39 is 5.95 Å². The Hall–Kier alpha value is -1.65. The summed E-state index contributed by atoms with van der Waals surface area (Å²) in [6.45, 7) is 0.545. The minimum Gasteiger partial charge on any atom is -0.374 e. The molecule has 0 unspecified atom stereocenters. The average molecular weight is 211 g/mol. The van der Waals surface area contributed by atoms with Crippen LogP contribution in [0, 0.1) is 5.95 Å². The van der Waals surface area contributed by atoms with Crippen LogP contribution in [0.1, 0.15) is 6.42 Å². The topological polar surface area (TPSA) is 45.2 Å². The fourth-order valence-corrected chi connectivity index (χ4v) is 1.15. The van der Waals surface area contributed by atoms with Crippen molar-refractivity contribution in [3.05, 3.63) is 24.3 Å². The number of pyridine rings is 1. The summed E-state index contributed by atoms with van der Waals surface area (Å²) >= 11 is 0. The highest BCUT2D eigenvalue weighted by atomic mass is 19.1. The van der Waals surface area contributed by atoms with E-state index in [0.717, 1.165) is 0 Å². The number of carbonyl (C=O) groups is 1. The Morgan fingerprint density at radius 3 is 3.00 bits per heavy atom. The van der Waals surface area contributed by atoms with Crippen LogP contribution in [0.3, 0.4) is 0 Å². The zero-order valence-electron chi connectivity index (χ0n) is 8.83. The van der Waals surface area contributed by atoms with Crippen LogP contribution < -0.4 is 10.2 Å². The first-order chi connectivity index (χ1) is 7.13. The van der Waals surface area contributed by atoms with Crippen molar-refractivity contribution in [1.29, 1.82) is 0 Å². The number of hydrogen-bond acceptors (Lipinski definition) is 3. The van der Waals surface area contributed by atoms with Gasteiger partial charge in [0.1, 0.15) is 0 Å². The quantitative estimate of drug-likeness (QED) is 0.749. The van der Waals surface area contributed by atoms with E-state index in [4.69, 9.17) is 0 Å². The molecule has 0 bridgehead atoms. The highest BCUT2D eigenvalue weighted by Gasteiger charge is 2.04. The minimum atomic E-state index is -0.515. The molecule has 1 aromatic rings. The summed E-state index contributed by atoms with van der Waals surface area (Å²) in [7, 11) is 3.39. The number of carbonyl (C=O) groups excluding carboxylic acids is 1. The monoisotopic (exact) mass is 211 g/mol. The van der Waals surface area contributed by atoms with Gasteiger partial charge in [-0.3, -0.25) is 4.79 Å². The molecule has 0 saturated heterocycles. The van der Waals surface area contributed by atoms with Gasteiger partial charge in [0.15, 0.2) is 0 Å². The maximum absolute atomic E-state index is 12.8. The van der Waals surface area contributed by atoms with Gasteiger partial charge in [0.2, 0.25) is 11.9 Å². The number of rotatable bonds is 4. The Morgan fingerprint density at radius 2 is 2.40 bits per heavy atom. The number of halogens is 1. The van der Waals surface area contributed by atoms with Crippen molar-refractivity contribution in [3.8, 4) is 0 Å². The highest BCUT2D eigenvalue weighted by Crippen LogP contribution is 2.11. The predicted molar refractivity (Wildman–Crippen MR) is 56.1 cm³/mol. The zero-order chi connectivity index (χ0) is 11.3. The van der Waals surface area contributed by atoms with Gasteiger partial charge < -0.3 is 10.2 Å². The first-order valence-electron chi connectivity index (χ1n) is 4.66. The van der Waals surface area contributed by atoms with Gasteiger partial charge in [-0.1, -0.05) is 0 Å². The Morgan fingerprint density at radius 1 is 1.67 bits per heavy atom. The van der Waals surface area contributed by atoms with Gasteiger partial charge >= 0.3 is 0 Å². The lowest BCUT2D eigenvalue weighted by molar-refractivity contribution is -0.120. The number of aromatic nitrogens is 1. The number of nitrogens with one attached hydrogen (secondary N) is 1. The number of anilines is 1. The summed E-state index contributed by atoms with van der Waals surface area (Å²) in [5, 5.41) is 2.53. The summed E-state index contributed by atoms with van der Waals surface area (Å²) in [6.07, 6.45) is 1.79. The van der Waals surface area contributed by atoms with Gasteiger partial charge in [-0.2, -0.15) is 4.39 Å². The van der Waals surface area contributed by atoms with Crippen LogP contribution in [0.5, 0.6) is 0 Å². The van der Waals surface area contributed by atoms with Crippen molar-refractivity contribution in [3.63, 3.8) is 0 Å². The molecule has 1 heterocycles. The van der Waals surface area contributed by atoms with Crippen LogP contribution in [-0.4, -0.2) is 31.5 Å². The molecule has 0 radical (unpaired) electrons. The van der Waals surface area contributed by atoms with Gasteiger partial charge in [0.25, 0.3) is 0 Å². The first kappa shape index (κ1) is 11.4. The van der Waals surface area contributed by atoms with Crippen molar-refractivity contribution in [2.24, 2.45) is 0 Å². The van der Waals surface area contributed by atoms with E-state index in [2.05, 4.69) is 10.3 Å². The third kappa shape index (κ3) is 3.53. The molecule has 0 saturated carbocycles. The molecule has 82 valence electrons. The molecule has 0 aliphatic carbocycles. The Balaban J connectivity index is 2.53. The second-order valence-electron chi connectivity index (χ2n) is 3.18. The molecule has 0 aromatic carbocycles. The largest absolute Gasteiger partial charge is 0.374 e. The minimum absolute atomic E-state index is 0.0311. The molecular weight excluding hydrogens is 197 g/mol. The third-order valence-corrected chi connectivity index (χ3v) is 2.10. The lowest BCUT2D eigenvalue weighted by atomic mass is 10.3. The standard InChI is InChI=1S/C10H14FN3O/c1-12-10(15)4-6-14(2)8-3-5-13-9(11)7-8/h3,5,7H,4,6H2,1-2H3,(H,12,15). The molecule has 0 spiro atoms. The summed E-state index contributed by atoms with van der Waals surface area (Å²) < 4.78 is 12.8. The molecule has 0 aliphatic rings. The molecular formula is C10H14FN3O. The van der Waals surface area contributed by atoms with Crippen LogP contribution in [0.25, 0.3) is 0 Å². The molecule has 1 aromatic heterocycles. The summed E-state index contributed by atoms with van der Waals surface area (Å²) in [6, 6.07) is 3.04. The van der Waals surface area contributed by atoms with Crippen LogP contribution in [0.2, 0.25) is 0 Å². The molecule has 0 atom stereocenters. The maximum atomic E-state index is 12.8. The third-order valence-electron chi connectivity index (χ3n) is 2.10. The summed E-state index contributed by atoms with van der Waals surface area (Å²) in [5.74, 6) is -0.546. The average Bonchev–Trinajstić information content (AvgIpc) is 2.25. The van der Waals surface area contributed by atoms with Crippen LogP contribution in [-0.2, 0) is 4.79 Å². The highest BCUT2D eigenvalue weighted by molar-refractivity contribution is 5.76. The van der Waals surface area contributed by atoms with Gasteiger partial charge in [-0.05, 0) is 6.07 Å². The van der Waals surface area contributed by atoms with Gasteiger partial charge in [-0.15, -0.1) is 0 Å². The van der Waals surface area contributed by atoms with Crippen LogP contribution >= 0.6 is 0 Å². The Kier molecular flexibility index (Phi) is 4.03. The molecule has 4 nitrogen and oxygen atoms in total. The molecule has 1 N–H and O–H groups in total. The summed E-state index contributed by atoms with van der Waals surface area (Å²) in [4.78, 5) is 16.3. The summed E-state index contributed by atoms with van der Waals surface area (Å²) in [5.41, 5.74) is 0.714.